The lowest BCUT2D eigenvalue weighted by atomic mass is 10.3. The lowest BCUT2D eigenvalue weighted by Gasteiger charge is -2.03. The first kappa shape index (κ1) is 7.53. The molecule has 1 unspecified atom stereocenters. The SMILES string of the molecule is NC(SO)c1ccccn1. The van der Waals surface area contributed by atoms with Crippen molar-refractivity contribution < 1.29 is 4.55 Å². The van der Waals surface area contributed by atoms with Gasteiger partial charge in [0.15, 0.2) is 0 Å². The number of rotatable bonds is 2. The van der Waals surface area contributed by atoms with Crippen molar-refractivity contribution in [2.24, 2.45) is 5.73 Å². The lowest BCUT2D eigenvalue weighted by molar-refractivity contribution is 0.649. The van der Waals surface area contributed by atoms with Crippen LogP contribution in [0.5, 0.6) is 0 Å². The summed E-state index contributed by atoms with van der Waals surface area (Å²) < 4.78 is 8.54. The first-order chi connectivity index (χ1) is 4.84. The summed E-state index contributed by atoms with van der Waals surface area (Å²) >= 11 is 0.593. The Hall–Kier alpha value is -0.580. The molecule has 0 radical (unpaired) electrons. The Kier molecular flexibility index (Phi) is 2.68. The molecule has 4 heteroatoms. The Morgan fingerprint density at radius 1 is 1.60 bits per heavy atom. The Labute approximate surface area is 63.5 Å². The summed E-state index contributed by atoms with van der Waals surface area (Å²) in [4.78, 5) is 3.94. The number of pyridine rings is 1. The van der Waals surface area contributed by atoms with Crippen LogP contribution in [0.2, 0.25) is 0 Å². The molecule has 3 nitrogen and oxygen atoms in total. The zero-order valence-corrected chi connectivity index (χ0v) is 6.08. The van der Waals surface area contributed by atoms with Gasteiger partial charge >= 0.3 is 0 Å². The second kappa shape index (κ2) is 3.55. The Bertz CT molecular complexity index is 192. The van der Waals surface area contributed by atoms with Gasteiger partial charge in [0.1, 0.15) is 5.37 Å². The largest absolute Gasteiger partial charge is 0.328 e. The predicted molar refractivity (Wildman–Crippen MR) is 41.4 cm³/mol. The van der Waals surface area contributed by atoms with Crippen molar-refractivity contribution in [2.45, 2.75) is 5.37 Å². The average Bonchev–Trinajstić information content (AvgIpc) is 2.05. The second-order valence-corrected chi connectivity index (χ2v) is 2.50. The summed E-state index contributed by atoms with van der Waals surface area (Å²) in [6.07, 6.45) is 1.64. The molecule has 1 heterocycles. The van der Waals surface area contributed by atoms with Crippen molar-refractivity contribution in [2.75, 3.05) is 0 Å². The van der Waals surface area contributed by atoms with Crippen molar-refractivity contribution in [3.05, 3.63) is 30.1 Å². The zero-order chi connectivity index (χ0) is 7.40. The van der Waals surface area contributed by atoms with Crippen LogP contribution in [0.3, 0.4) is 0 Å². The molecular formula is C6H8N2OS. The van der Waals surface area contributed by atoms with Crippen molar-refractivity contribution in [3.8, 4) is 0 Å². The fourth-order valence-corrected chi connectivity index (χ4v) is 0.846. The van der Waals surface area contributed by atoms with Crippen molar-refractivity contribution in [1.29, 1.82) is 0 Å². The number of nitrogens with zero attached hydrogens (tertiary/aromatic N) is 1. The second-order valence-electron chi connectivity index (χ2n) is 1.78. The van der Waals surface area contributed by atoms with Crippen LogP contribution in [0.15, 0.2) is 24.4 Å². The highest BCUT2D eigenvalue weighted by molar-refractivity contribution is 7.93. The number of nitrogens with two attached hydrogens (primary N) is 1. The Morgan fingerprint density at radius 3 is 2.90 bits per heavy atom. The maximum atomic E-state index is 8.54. The van der Waals surface area contributed by atoms with E-state index in [1.54, 1.807) is 18.3 Å². The van der Waals surface area contributed by atoms with Gasteiger partial charge in [-0.25, -0.2) is 0 Å². The minimum Gasteiger partial charge on any atom is -0.328 e. The van der Waals surface area contributed by atoms with E-state index in [1.807, 2.05) is 6.07 Å². The first-order valence-corrected chi connectivity index (χ1v) is 3.65. The quantitative estimate of drug-likeness (QED) is 0.499. The van der Waals surface area contributed by atoms with Gasteiger partial charge in [0.25, 0.3) is 0 Å². The maximum absolute atomic E-state index is 8.54. The van der Waals surface area contributed by atoms with Crippen LogP contribution in [-0.2, 0) is 0 Å². The van der Waals surface area contributed by atoms with Crippen LogP contribution in [0, 0.1) is 0 Å². The molecule has 1 atom stereocenters. The summed E-state index contributed by atoms with van der Waals surface area (Å²) in [6, 6.07) is 5.41. The van der Waals surface area contributed by atoms with Crippen LogP contribution < -0.4 is 5.73 Å². The van der Waals surface area contributed by atoms with Gasteiger partial charge in [0.05, 0.1) is 5.69 Å². The average molecular weight is 156 g/mol. The van der Waals surface area contributed by atoms with Crippen molar-refractivity contribution in [3.63, 3.8) is 0 Å². The highest BCUT2D eigenvalue weighted by Gasteiger charge is 2.03. The summed E-state index contributed by atoms with van der Waals surface area (Å²) in [5, 5.41) is -0.429. The van der Waals surface area contributed by atoms with E-state index in [2.05, 4.69) is 4.98 Å². The van der Waals surface area contributed by atoms with E-state index in [-0.39, 0.29) is 0 Å². The van der Waals surface area contributed by atoms with Crippen LogP contribution in [0.25, 0.3) is 0 Å². The third kappa shape index (κ3) is 1.70. The summed E-state index contributed by atoms with van der Waals surface area (Å²) in [5.74, 6) is 0. The topological polar surface area (TPSA) is 59.1 Å². The van der Waals surface area contributed by atoms with E-state index in [0.29, 0.717) is 17.7 Å². The maximum Gasteiger partial charge on any atom is 0.120 e. The molecule has 54 valence electrons. The van der Waals surface area contributed by atoms with E-state index in [9.17, 15) is 0 Å². The molecular weight excluding hydrogens is 148 g/mol. The molecule has 0 aliphatic heterocycles. The van der Waals surface area contributed by atoms with Crippen LogP contribution in [0.1, 0.15) is 11.1 Å². The van der Waals surface area contributed by atoms with Gasteiger partial charge in [-0.2, -0.15) is 0 Å². The molecule has 0 fully saturated rings. The fraction of sp³-hybridized carbons (Fsp3) is 0.167. The molecule has 10 heavy (non-hydrogen) atoms. The Morgan fingerprint density at radius 2 is 2.40 bits per heavy atom. The highest BCUT2D eigenvalue weighted by Crippen LogP contribution is 2.16. The van der Waals surface area contributed by atoms with Gasteiger partial charge in [-0.3, -0.25) is 4.98 Å². The highest BCUT2D eigenvalue weighted by atomic mass is 32.2. The van der Waals surface area contributed by atoms with E-state index >= 15 is 0 Å². The predicted octanol–water partition coefficient (Wildman–Crippen LogP) is 1.25. The van der Waals surface area contributed by atoms with Crippen LogP contribution in [0.4, 0.5) is 0 Å². The van der Waals surface area contributed by atoms with Crippen molar-refractivity contribution >= 4 is 12.0 Å². The third-order valence-electron chi connectivity index (χ3n) is 1.09. The molecule has 1 aromatic heterocycles. The minimum absolute atomic E-state index is 0.429. The summed E-state index contributed by atoms with van der Waals surface area (Å²) in [6.45, 7) is 0. The molecule has 1 rings (SSSR count). The monoisotopic (exact) mass is 156 g/mol. The van der Waals surface area contributed by atoms with E-state index < -0.39 is 5.37 Å². The molecule has 0 saturated carbocycles. The minimum atomic E-state index is -0.429. The van der Waals surface area contributed by atoms with E-state index in [1.165, 1.54) is 0 Å². The van der Waals surface area contributed by atoms with Gasteiger partial charge in [0, 0.05) is 18.2 Å². The van der Waals surface area contributed by atoms with Gasteiger partial charge in [-0.05, 0) is 12.1 Å². The first-order valence-electron chi connectivity index (χ1n) is 2.81. The summed E-state index contributed by atoms with van der Waals surface area (Å²) in [5.41, 5.74) is 6.13. The van der Waals surface area contributed by atoms with E-state index in [4.69, 9.17) is 10.3 Å². The Balaban J connectivity index is 2.75. The van der Waals surface area contributed by atoms with Gasteiger partial charge < -0.3 is 10.3 Å². The molecule has 3 N–H and O–H groups in total. The zero-order valence-electron chi connectivity index (χ0n) is 5.27. The smallest absolute Gasteiger partial charge is 0.120 e. The molecule has 0 amide bonds. The number of hydrogen-bond donors (Lipinski definition) is 2. The van der Waals surface area contributed by atoms with E-state index in [0.717, 1.165) is 0 Å². The molecule has 0 spiro atoms. The van der Waals surface area contributed by atoms with Crippen LogP contribution in [-0.4, -0.2) is 9.54 Å². The molecule has 0 bridgehead atoms. The molecule has 0 saturated heterocycles. The molecule has 1 aromatic rings. The van der Waals surface area contributed by atoms with Gasteiger partial charge in [-0.1, -0.05) is 6.07 Å². The third-order valence-corrected chi connectivity index (χ3v) is 1.56. The molecule has 0 aliphatic rings. The van der Waals surface area contributed by atoms with Crippen molar-refractivity contribution in [1.82, 2.24) is 4.98 Å². The molecule has 0 aromatic carbocycles. The number of hydrogen-bond acceptors (Lipinski definition) is 4. The fourth-order valence-electron chi connectivity index (χ4n) is 0.598. The summed E-state index contributed by atoms with van der Waals surface area (Å²) in [7, 11) is 0. The van der Waals surface area contributed by atoms with Crippen LogP contribution >= 0.6 is 12.0 Å². The number of aromatic nitrogens is 1. The van der Waals surface area contributed by atoms with Gasteiger partial charge in [-0.15, -0.1) is 0 Å². The molecule has 0 aliphatic carbocycles. The lowest BCUT2D eigenvalue weighted by Crippen LogP contribution is -2.06. The normalized spacial score (nSPS) is 13.0. The van der Waals surface area contributed by atoms with Gasteiger partial charge in [0.2, 0.25) is 0 Å². The standard InChI is InChI=1S/C6H8N2OS/c7-6(10-9)5-3-1-2-4-8-5/h1-4,6,9H,7H2.